The van der Waals surface area contributed by atoms with Crippen molar-refractivity contribution >= 4 is 12.3 Å². The number of carbonyl (C=O) groups is 2. The summed E-state index contributed by atoms with van der Waals surface area (Å²) in [5, 5.41) is 2.90. The molecule has 0 N–H and O–H groups in total. The van der Waals surface area contributed by atoms with Crippen LogP contribution in [0.2, 0.25) is 0 Å². The van der Waals surface area contributed by atoms with E-state index in [-0.39, 0.29) is 0 Å². The summed E-state index contributed by atoms with van der Waals surface area (Å²) in [6.07, 6.45) is -1.62. The number of rotatable bonds is 4. The molecule has 1 aliphatic heterocycles. The highest BCUT2D eigenvalue weighted by molar-refractivity contribution is 5.63. The quantitative estimate of drug-likeness (QED) is 0.610. The zero-order chi connectivity index (χ0) is 18.2. The maximum absolute atomic E-state index is 11.7. The molecular weight excluding hydrogens is 340 g/mol. The average Bonchev–Trinajstić information content (AvgIpc) is 2.65. The Bertz CT molecular complexity index is 653. The molecule has 0 atom stereocenters. The first-order valence-electron chi connectivity index (χ1n) is 8.08. The number of hydroxylamine groups is 4. The molecule has 1 saturated heterocycles. The van der Waals surface area contributed by atoms with Crippen LogP contribution in [0, 0.1) is 0 Å². The van der Waals surface area contributed by atoms with Gasteiger partial charge in [-0.05, 0) is 24.3 Å². The summed E-state index contributed by atoms with van der Waals surface area (Å²) in [6, 6.07) is 17.3. The van der Waals surface area contributed by atoms with E-state index in [9.17, 15) is 9.59 Å². The van der Waals surface area contributed by atoms with Gasteiger partial charge in [-0.2, -0.15) is 0 Å². The molecule has 136 valence electrons. The van der Waals surface area contributed by atoms with Crippen LogP contribution in [0.4, 0.5) is 9.59 Å². The minimum Gasteiger partial charge on any atom is -0.394 e. The Kier molecular flexibility index (Phi) is 6.02. The van der Waals surface area contributed by atoms with E-state index in [1.807, 2.05) is 12.1 Å². The number of nitrogens with zero attached hydrogens (tertiary/aromatic N) is 2. The molecule has 0 aliphatic carbocycles. The van der Waals surface area contributed by atoms with Crippen molar-refractivity contribution < 1.29 is 28.7 Å². The normalized spacial score (nSPS) is 15.1. The lowest BCUT2D eigenvalue weighted by Gasteiger charge is -2.31. The number of carbonyl (C=O) groups excluding carboxylic acids is 2. The van der Waals surface area contributed by atoms with Crippen LogP contribution in [0.1, 0.15) is 0 Å². The first-order chi connectivity index (χ1) is 12.7. The van der Waals surface area contributed by atoms with E-state index >= 15 is 0 Å². The van der Waals surface area contributed by atoms with Gasteiger partial charge in [0, 0.05) is 0 Å². The van der Waals surface area contributed by atoms with E-state index in [1.54, 1.807) is 48.5 Å². The maximum atomic E-state index is 11.7. The Balaban J connectivity index is 1.37. The lowest BCUT2D eigenvalue weighted by atomic mass is 10.3. The molecule has 2 aromatic carbocycles. The second kappa shape index (κ2) is 8.84. The number of benzene rings is 2. The van der Waals surface area contributed by atoms with Crippen molar-refractivity contribution in [3.63, 3.8) is 0 Å². The fourth-order valence-corrected chi connectivity index (χ4v) is 2.27. The predicted octanol–water partition coefficient (Wildman–Crippen LogP) is 2.87. The Morgan fingerprint density at radius 1 is 0.615 bits per heavy atom. The van der Waals surface area contributed by atoms with E-state index in [0.717, 1.165) is 0 Å². The highest BCUT2D eigenvalue weighted by atomic mass is 16.8. The van der Waals surface area contributed by atoms with Gasteiger partial charge in [0.2, 0.25) is 0 Å². The third-order valence-corrected chi connectivity index (χ3v) is 3.49. The lowest BCUT2D eigenvalue weighted by molar-refractivity contribution is -0.195. The molecule has 1 fully saturated rings. The fraction of sp³-hybridized carbons (Fsp3) is 0.222. The van der Waals surface area contributed by atoms with Crippen LogP contribution in [0.25, 0.3) is 0 Å². The molecule has 1 heterocycles. The topological polar surface area (TPSA) is 77.5 Å². The summed E-state index contributed by atoms with van der Waals surface area (Å²) >= 11 is 0. The first kappa shape index (κ1) is 17.7. The van der Waals surface area contributed by atoms with Gasteiger partial charge in [-0.15, -0.1) is 10.1 Å². The number of para-hydroxylation sites is 2. The second-order valence-corrected chi connectivity index (χ2v) is 5.37. The predicted molar refractivity (Wildman–Crippen MR) is 90.2 cm³/mol. The van der Waals surface area contributed by atoms with Gasteiger partial charge in [-0.25, -0.2) is 9.59 Å². The molecule has 26 heavy (non-hydrogen) atoms. The van der Waals surface area contributed by atoms with Crippen LogP contribution in [-0.2, 0) is 9.68 Å². The number of ether oxygens (including phenoxy) is 2. The SMILES string of the molecule is O=C(Oc1ccccc1)ON1CCN(OC(=O)Oc2ccccc2)CC1. The zero-order valence-corrected chi connectivity index (χ0v) is 13.9. The van der Waals surface area contributed by atoms with Crippen molar-refractivity contribution in [2.24, 2.45) is 0 Å². The fourth-order valence-electron chi connectivity index (χ4n) is 2.27. The molecule has 8 nitrogen and oxygen atoms in total. The van der Waals surface area contributed by atoms with Crippen molar-refractivity contribution in [1.29, 1.82) is 0 Å². The second-order valence-electron chi connectivity index (χ2n) is 5.37. The Morgan fingerprint density at radius 3 is 1.31 bits per heavy atom. The van der Waals surface area contributed by atoms with E-state index in [2.05, 4.69) is 0 Å². The Hall–Kier alpha value is -3.10. The molecule has 0 bridgehead atoms. The monoisotopic (exact) mass is 358 g/mol. The van der Waals surface area contributed by atoms with Gasteiger partial charge < -0.3 is 19.1 Å². The van der Waals surface area contributed by atoms with Crippen molar-refractivity contribution in [3.8, 4) is 11.5 Å². The van der Waals surface area contributed by atoms with Gasteiger partial charge in [-0.3, -0.25) is 0 Å². The summed E-state index contributed by atoms with van der Waals surface area (Å²) in [7, 11) is 0. The van der Waals surface area contributed by atoms with Crippen molar-refractivity contribution in [3.05, 3.63) is 60.7 Å². The van der Waals surface area contributed by atoms with Gasteiger partial charge >= 0.3 is 12.3 Å². The molecule has 0 amide bonds. The van der Waals surface area contributed by atoms with Gasteiger partial charge in [-0.1, -0.05) is 36.4 Å². The van der Waals surface area contributed by atoms with E-state index in [4.69, 9.17) is 19.1 Å². The first-order valence-corrected chi connectivity index (χ1v) is 8.08. The highest BCUT2D eigenvalue weighted by Crippen LogP contribution is 2.12. The molecule has 0 aromatic heterocycles. The lowest BCUT2D eigenvalue weighted by Crippen LogP contribution is -2.48. The minimum absolute atomic E-state index is 0.364. The van der Waals surface area contributed by atoms with Crippen molar-refractivity contribution in [2.75, 3.05) is 26.2 Å². The molecule has 1 aliphatic rings. The molecule has 8 heteroatoms. The van der Waals surface area contributed by atoms with E-state index < -0.39 is 12.3 Å². The number of hydrogen-bond donors (Lipinski definition) is 0. The summed E-state index contributed by atoms with van der Waals surface area (Å²) in [5.74, 6) is 0.811. The Morgan fingerprint density at radius 2 is 0.962 bits per heavy atom. The standard InChI is InChI=1S/C18H18N2O6/c21-17(23-15-7-3-1-4-8-15)25-19-11-13-20(14-12-19)26-18(22)24-16-9-5-2-6-10-16/h1-10H,11-14H2. The van der Waals surface area contributed by atoms with Gasteiger partial charge in [0.05, 0.1) is 26.2 Å². The van der Waals surface area contributed by atoms with Crippen LogP contribution in [-0.4, -0.2) is 48.6 Å². The van der Waals surface area contributed by atoms with Crippen LogP contribution in [0.3, 0.4) is 0 Å². The van der Waals surface area contributed by atoms with Crippen LogP contribution in [0.5, 0.6) is 11.5 Å². The van der Waals surface area contributed by atoms with Gasteiger partial charge in [0.1, 0.15) is 11.5 Å². The third kappa shape index (κ3) is 5.47. The molecule has 3 rings (SSSR count). The summed E-state index contributed by atoms with van der Waals surface area (Å²) in [6.45, 7) is 1.45. The van der Waals surface area contributed by atoms with E-state index in [0.29, 0.717) is 37.7 Å². The maximum Gasteiger partial charge on any atom is 0.533 e. The molecule has 2 aromatic rings. The van der Waals surface area contributed by atoms with Crippen LogP contribution in [0.15, 0.2) is 60.7 Å². The molecule has 0 saturated carbocycles. The summed E-state index contributed by atoms with van der Waals surface area (Å²) in [4.78, 5) is 33.7. The van der Waals surface area contributed by atoms with Crippen molar-refractivity contribution in [1.82, 2.24) is 10.1 Å². The number of piperazine rings is 1. The smallest absolute Gasteiger partial charge is 0.394 e. The Labute approximate surface area is 150 Å². The van der Waals surface area contributed by atoms with Gasteiger partial charge in [0.25, 0.3) is 0 Å². The van der Waals surface area contributed by atoms with Crippen LogP contribution >= 0.6 is 0 Å². The van der Waals surface area contributed by atoms with Crippen molar-refractivity contribution in [2.45, 2.75) is 0 Å². The van der Waals surface area contributed by atoms with Crippen LogP contribution < -0.4 is 9.47 Å². The third-order valence-electron chi connectivity index (χ3n) is 3.49. The molecule has 0 spiro atoms. The number of hydrogen-bond acceptors (Lipinski definition) is 8. The molecule has 0 unspecified atom stereocenters. The summed E-state index contributed by atoms with van der Waals surface area (Å²) < 4.78 is 10.1. The highest BCUT2D eigenvalue weighted by Gasteiger charge is 2.24. The molecular formula is C18H18N2O6. The largest absolute Gasteiger partial charge is 0.533 e. The van der Waals surface area contributed by atoms with Gasteiger partial charge in [0.15, 0.2) is 0 Å². The van der Waals surface area contributed by atoms with E-state index in [1.165, 1.54) is 10.1 Å². The minimum atomic E-state index is -0.811. The molecule has 0 radical (unpaired) electrons. The summed E-state index contributed by atoms with van der Waals surface area (Å²) in [5.41, 5.74) is 0. The zero-order valence-electron chi connectivity index (χ0n) is 13.9. The average molecular weight is 358 g/mol.